The van der Waals surface area contributed by atoms with Crippen molar-refractivity contribution in [1.29, 1.82) is 0 Å². The first-order chi connectivity index (χ1) is 9.06. The molecule has 1 aromatic rings. The summed E-state index contributed by atoms with van der Waals surface area (Å²) in [6, 6.07) is 0. The van der Waals surface area contributed by atoms with Gasteiger partial charge in [-0.05, 0) is 18.5 Å². The molecule has 0 radical (unpaired) electrons. The Morgan fingerprint density at radius 3 is 2.84 bits per heavy atom. The quantitative estimate of drug-likeness (QED) is 0.844. The first kappa shape index (κ1) is 14.4. The summed E-state index contributed by atoms with van der Waals surface area (Å²) in [5, 5.41) is 11.4. The number of rotatable bonds is 5. The van der Waals surface area contributed by atoms with Gasteiger partial charge in [0.2, 0.25) is 0 Å². The molecule has 1 aliphatic heterocycles. The fourth-order valence-corrected chi connectivity index (χ4v) is 2.95. The van der Waals surface area contributed by atoms with Crippen molar-refractivity contribution in [2.24, 2.45) is 0 Å². The standard InChI is InChI=1S/C12H21N3O3S/c1-3-18-9-10(13)14-19-11(9)15(2)8-12(16)4-6-17-7-5-12/h16H,3-8H2,1-2H3,(H2,13,14). The number of ether oxygens (including phenoxy) is 2. The van der Waals surface area contributed by atoms with E-state index in [-0.39, 0.29) is 0 Å². The highest BCUT2D eigenvalue weighted by molar-refractivity contribution is 7.11. The molecule has 0 saturated carbocycles. The van der Waals surface area contributed by atoms with Gasteiger partial charge in [-0.2, -0.15) is 4.37 Å². The summed E-state index contributed by atoms with van der Waals surface area (Å²) in [6.45, 7) is 4.19. The normalized spacial score (nSPS) is 18.3. The van der Waals surface area contributed by atoms with E-state index < -0.39 is 5.60 Å². The van der Waals surface area contributed by atoms with E-state index in [0.717, 1.165) is 5.00 Å². The number of hydrogen-bond donors (Lipinski definition) is 2. The van der Waals surface area contributed by atoms with Crippen molar-refractivity contribution in [3.8, 4) is 5.75 Å². The molecule has 0 unspecified atom stereocenters. The molecule has 2 rings (SSSR count). The van der Waals surface area contributed by atoms with Crippen LogP contribution in [0.1, 0.15) is 19.8 Å². The van der Waals surface area contributed by atoms with E-state index in [0.29, 0.717) is 50.8 Å². The van der Waals surface area contributed by atoms with Crippen molar-refractivity contribution < 1.29 is 14.6 Å². The van der Waals surface area contributed by atoms with Crippen LogP contribution in [-0.4, -0.2) is 48.5 Å². The van der Waals surface area contributed by atoms with Crippen molar-refractivity contribution >= 4 is 22.4 Å². The number of aliphatic hydroxyl groups is 1. The van der Waals surface area contributed by atoms with Crippen molar-refractivity contribution in [2.45, 2.75) is 25.4 Å². The summed E-state index contributed by atoms with van der Waals surface area (Å²) < 4.78 is 14.9. The van der Waals surface area contributed by atoms with Gasteiger partial charge in [0.25, 0.3) is 0 Å². The second-order valence-electron chi connectivity index (χ2n) is 4.83. The molecule has 108 valence electrons. The van der Waals surface area contributed by atoms with Crippen molar-refractivity contribution in [2.75, 3.05) is 44.0 Å². The Balaban J connectivity index is 2.08. The fourth-order valence-electron chi connectivity index (χ4n) is 2.23. The van der Waals surface area contributed by atoms with E-state index in [4.69, 9.17) is 15.2 Å². The van der Waals surface area contributed by atoms with Gasteiger partial charge in [0.05, 0.1) is 12.2 Å². The lowest BCUT2D eigenvalue weighted by Crippen LogP contribution is -2.45. The smallest absolute Gasteiger partial charge is 0.197 e. The molecule has 0 bridgehead atoms. The van der Waals surface area contributed by atoms with Crippen LogP contribution in [0.4, 0.5) is 10.8 Å². The lowest BCUT2D eigenvalue weighted by Gasteiger charge is -2.35. The number of likely N-dealkylation sites (N-methyl/N-ethyl adjacent to an activating group) is 1. The van der Waals surface area contributed by atoms with Gasteiger partial charge in [-0.1, -0.05) is 0 Å². The largest absolute Gasteiger partial charge is 0.487 e. The van der Waals surface area contributed by atoms with Gasteiger partial charge in [0.1, 0.15) is 0 Å². The zero-order valence-electron chi connectivity index (χ0n) is 11.4. The minimum absolute atomic E-state index is 0.410. The van der Waals surface area contributed by atoms with E-state index in [2.05, 4.69) is 4.37 Å². The molecule has 19 heavy (non-hydrogen) atoms. The molecular weight excluding hydrogens is 266 g/mol. The van der Waals surface area contributed by atoms with Crippen LogP contribution >= 0.6 is 11.5 Å². The molecule has 1 aromatic heterocycles. The predicted molar refractivity (Wildman–Crippen MR) is 76.0 cm³/mol. The Morgan fingerprint density at radius 1 is 1.53 bits per heavy atom. The minimum Gasteiger partial charge on any atom is -0.487 e. The minimum atomic E-state index is -0.713. The number of hydrogen-bond acceptors (Lipinski definition) is 7. The average molecular weight is 287 g/mol. The molecule has 1 saturated heterocycles. The van der Waals surface area contributed by atoms with Crippen LogP contribution in [0.25, 0.3) is 0 Å². The summed E-state index contributed by atoms with van der Waals surface area (Å²) >= 11 is 1.30. The average Bonchev–Trinajstić information content (AvgIpc) is 2.72. The highest BCUT2D eigenvalue weighted by atomic mass is 32.1. The summed E-state index contributed by atoms with van der Waals surface area (Å²) in [4.78, 5) is 1.96. The predicted octanol–water partition coefficient (Wildman–Crippen LogP) is 1.10. The molecule has 1 fully saturated rings. The Kier molecular flexibility index (Phi) is 4.49. The highest BCUT2D eigenvalue weighted by Gasteiger charge is 2.32. The third-order valence-electron chi connectivity index (χ3n) is 3.25. The highest BCUT2D eigenvalue weighted by Crippen LogP contribution is 2.38. The topological polar surface area (TPSA) is 80.8 Å². The zero-order chi connectivity index (χ0) is 13.9. The number of nitrogen functional groups attached to an aromatic ring is 1. The lowest BCUT2D eigenvalue weighted by molar-refractivity contribution is -0.0572. The van der Waals surface area contributed by atoms with Gasteiger partial charge in [0, 0.05) is 39.6 Å². The molecule has 0 amide bonds. The van der Waals surface area contributed by atoms with Crippen molar-refractivity contribution in [3.05, 3.63) is 0 Å². The van der Waals surface area contributed by atoms with Crippen LogP contribution in [0.3, 0.4) is 0 Å². The number of aromatic nitrogens is 1. The molecule has 1 aliphatic rings. The maximum absolute atomic E-state index is 10.5. The van der Waals surface area contributed by atoms with Gasteiger partial charge in [-0.3, -0.25) is 0 Å². The Morgan fingerprint density at radius 2 is 2.21 bits per heavy atom. The number of nitrogens with two attached hydrogens (primary N) is 1. The van der Waals surface area contributed by atoms with E-state index in [1.807, 2.05) is 18.9 Å². The lowest BCUT2D eigenvalue weighted by atomic mass is 9.94. The molecule has 6 nitrogen and oxygen atoms in total. The van der Waals surface area contributed by atoms with Crippen LogP contribution in [0, 0.1) is 0 Å². The van der Waals surface area contributed by atoms with Gasteiger partial charge >= 0.3 is 0 Å². The fraction of sp³-hybridized carbons (Fsp3) is 0.750. The van der Waals surface area contributed by atoms with Gasteiger partial charge in [-0.15, -0.1) is 0 Å². The maximum atomic E-state index is 10.5. The van der Waals surface area contributed by atoms with Crippen LogP contribution in [0.5, 0.6) is 5.75 Å². The molecule has 7 heteroatoms. The SMILES string of the molecule is CCOc1c(N)nsc1N(C)CC1(O)CCOCC1. The van der Waals surface area contributed by atoms with E-state index >= 15 is 0 Å². The van der Waals surface area contributed by atoms with E-state index in [1.54, 1.807) is 0 Å². The molecule has 3 N–H and O–H groups in total. The second-order valence-corrected chi connectivity index (χ2v) is 5.58. The maximum Gasteiger partial charge on any atom is 0.197 e. The summed E-state index contributed by atoms with van der Waals surface area (Å²) in [5.74, 6) is 1.03. The van der Waals surface area contributed by atoms with Crippen LogP contribution < -0.4 is 15.4 Å². The third-order valence-corrected chi connectivity index (χ3v) is 4.21. The van der Waals surface area contributed by atoms with Gasteiger partial charge in [0.15, 0.2) is 16.6 Å². The van der Waals surface area contributed by atoms with E-state index in [9.17, 15) is 5.11 Å². The van der Waals surface area contributed by atoms with Gasteiger partial charge < -0.3 is 25.2 Å². The molecule has 0 atom stereocenters. The second kappa shape index (κ2) is 5.94. The summed E-state index contributed by atoms with van der Waals surface area (Å²) in [5.41, 5.74) is 5.08. The molecule has 2 heterocycles. The van der Waals surface area contributed by atoms with E-state index in [1.165, 1.54) is 11.5 Å². The first-order valence-corrected chi connectivity index (χ1v) is 7.22. The summed E-state index contributed by atoms with van der Waals surface area (Å²) in [6.07, 6.45) is 1.30. The van der Waals surface area contributed by atoms with Crippen LogP contribution in [0.15, 0.2) is 0 Å². The Bertz CT molecular complexity index is 418. The van der Waals surface area contributed by atoms with Crippen LogP contribution in [0.2, 0.25) is 0 Å². The first-order valence-electron chi connectivity index (χ1n) is 6.45. The van der Waals surface area contributed by atoms with Gasteiger partial charge in [-0.25, -0.2) is 0 Å². The number of anilines is 2. The molecular formula is C12H21N3O3S. The third kappa shape index (κ3) is 3.29. The zero-order valence-corrected chi connectivity index (χ0v) is 12.2. The molecule has 0 aromatic carbocycles. The monoisotopic (exact) mass is 287 g/mol. The summed E-state index contributed by atoms with van der Waals surface area (Å²) in [7, 11) is 1.92. The van der Waals surface area contributed by atoms with Crippen molar-refractivity contribution in [3.63, 3.8) is 0 Å². The Labute approximate surface area is 117 Å². The molecule has 0 aliphatic carbocycles. The van der Waals surface area contributed by atoms with Crippen molar-refractivity contribution in [1.82, 2.24) is 4.37 Å². The molecule has 0 spiro atoms. The Hall–Kier alpha value is -1.05. The van der Waals surface area contributed by atoms with Crippen LogP contribution in [-0.2, 0) is 4.74 Å². The number of nitrogens with zero attached hydrogens (tertiary/aromatic N) is 2.